The van der Waals surface area contributed by atoms with E-state index < -0.39 is 0 Å². The van der Waals surface area contributed by atoms with Gasteiger partial charge in [-0.2, -0.15) is 0 Å². The predicted octanol–water partition coefficient (Wildman–Crippen LogP) is 4.00. The fraction of sp³-hybridized carbons (Fsp3) is 1.00. The summed E-state index contributed by atoms with van der Waals surface area (Å²) in [5.41, 5.74) is 0. The summed E-state index contributed by atoms with van der Waals surface area (Å²) in [6.07, 6.45) is 10.4. The summed E-state index contributed by atoms with van der Waals surface area (Å²) in [4.78, 5) is 0. The van der Waals surface area contributed by atoms with E-state index in [0.717, 1.165) is 11.8 Å². The highest BCUT2D eigenvalue weighted by atomic mass is 14.2. The van der Waals surface area contributed by atoms with Crippen LogP contribution in [0.15, 0.2) is 0 Å². The molecule has 1 aliphatic rings. The van der Waals surface area contributed by atoms with E-state index in [4.69, 9.17) is 0 Å². The van der Waals surface area contributed by atoms with Crippen molar-refractivity contribution >= 4 is 0 Å². The van der Waals surface area contributed by atoms with E-state index in [0.29, 0.717) is 0 Å². The van der Waals surface area contributed by atoms with Crippen LogP contribution in [0.1, 0.15) is 58.8 Å². The van der Waals surface area contributed by atoms with Crippen molar-refractivity contribution in [2.75, 3.05) is 0 Å². The van der Waals surface area contributed by atoms with Crippen molar-refractivity contribution in [2.24, 2.45) is 11.8 Å². The molecule has 0 unspecified atom stereocenters. The quantitative estimate of drug-likeness (QED) is 0.576. The first kappa shape index (κ1) is 9.09. The number of hydrogen-bond acceptors (Lipinski definition) is 0. The van der Waals surface area contributed by atoms with E-state index >= 15 is 0 Å². The van der Waals surface area contributed by atoms with Gasteiger partial charge in [-0.25, -0.2) is 0 Å². The number of hydrogen-bond donors (Lipinski definition) is 0. The fourth-order valence-electron chi connectivity index (χ4n) is 2.44. The van der Waals surface area contributed by atoms with Crippen molar-refractivity contribution < 1.29 is 0 Å². The van der Waals surface area contributed by atoms with Crippen LogP contribution in [-0.2, 0) is 0 Å². The molecule has 0 nitrogen and oxygen atoms in total. The second-order valence-electron chi connectivity index (χ2n) is 4.10. The SMILES string of the molecule is CCC[C@@H]1CCC[C@H](CC)C1. The Morgan fingerprint density at radius 1 is 1.09 bits per heavy atom. The highest BCUT2D eigenvalue weighted by Gasteiger charge is 2.19. The Kier molecular flexibility index (Phi) is 3.96. The third-order valence-corrected chi connectivity index (χ3v) is 3.17. The zero-order valence-electron chi connectivity index (χ0n) is 8.10. The van der Waals surface area contributed by atoms with Gasteiger partial charge in [-0.3, -0.25) is 0 Å². The van der Waals surface area contributed by atoms with Crippen molar-refractivity contribution in [1.82, 2.24) is 0 Å². The van der Waals surface area contributed by atoms with Crippen LogP contribution in [0, 0.1) is 11.8 Å². The molecular formula is C11H22. The van der Waals surface area contributed by atoms with Gasteiger partial charge in [0.1, 0.15) is 0 Å². The van der Waals surface area contributed by atoms with Crippen LogP contribution in [0.25, 0.3) is 0 Å². The van der Waals surface area contributed by atoms with Crippen LogP contribution in [0.3, 0.4) is 0 Å². The lowest BCUT2D eigenvalue weighted by atomic mass is 9.78. The van der Waals surface area contributed by atoms with Crippen LogP contribution in [0.2, 0.25) is 0 Å². The second kappa shape index (κ2) is 4.79. The molecule has 0 aromatic carbocycles. The first-order chi connectivity index (χ1) is 5.36. The molecule has 0 amide bonds. The van der Waals surface area contributed by atoms with Gasteiger partial charge < -0.3 is 0 Å². The summed E-state index contributed by atoms with van der Waals surface area (Å²) >= 11 is 0. The molecular weight excluding hydrogens is 132 g/mol. The Morgan fingerprint density at radius 2 is 1.82 bits per heavy atom. The third kappa shape index (κ3) is 2.84. The van der Waals surface area contributed by atoms with E-state index in [-0.39, 0.29) is 0 Å². The molecule has 0 radical (unpaired) electrons. The summed E-state index contributed by atoms with van der Waals surface area (Å²) in [5.74, 6) is 2.15. The Hall–Kier alpha value is 0. The minimum Gasteiger partial charge on any atom is -0.0654 e. The minimum atomic E-state index is 1.07. The van der Waals surface area contributed by atoms with Gasteiger partial charge in [-0.1, -0.05) is 52.4 Å². The van der Waals surface area contributed by atoms with Gasteiger partial charge in [-0.05, 0) is 18.3 Å². The Morgan fingerprint density at radius 3 is 2.45 bits per heavy atom. The molecule has 0 N–H and O–H groups in total. The van der Waals surface area contributed by atoms with Gasteiger partial charge in [0.25, 0.3) is 0 Å². The second-order valence-corrected chi connectivity index (χ2v) is 4.10. The van der Waals surface area contributed by atoms with E-state index in [1.807, 2.05) is 0 Å². The molecule has 0 saturated heterocycles. The monoisotopic (exact) mass is 154 g/mol. The van der Waals surface area contributed by atoms with E-state index in [9.17, 15) is 0 Å². The molecule has 0 heteroatoms. The van der Waals surface area contributed by atoms with Crippen molar-refractivity contribution in [3.8, 4) is 0 Å². The third-order valence-electron chi connectivity index (χ3n) is 3.17. The first-order valence-electron chi connectivity index (χ1n) is 5.36. The maximum atomic E-state index is 2.35. The average Bonchev–Trinajstić information content (AvgIpc) is 2.06. The molecule has 0 aromatic heterocycles. The molecule has 0 aliphatic heterocycles. The Labute approximate surface area is 71.4 Å². The van der Waals surface area contributed by atoms with Gasteiger partial charge in [0, 0.05) is 0 Å². The zero-order chi connectivity index (χ0) is 8.10. The molecule has 1 rings (SSSR count). The molecule has 66 valence electrons. The topological polar surface area (TPSA) is 0 Å². The van der Waals surface area contributed by atoms with Gasteiger partial charge >= 0.3 is 0 Å². The van der Waals surface area contributed by atoms with Crippen molar-refractivity contribution in [3.63, 3.8) is 0 Å². The maximum absolute atomic E-state index is 2.35. The minimum absolute atomic E-state index is 1.07. The van der Waals surface area contributed by atoms with Crippen LogP contribution in [0.5, 0.6) is 0 Å². The van der Waals surface area contributed by atoms with Crippen LogP contribution < -0.4 is 0 Å². The van der Waals surface area contributed by atoms with E-state index in [1.54, 1.807) is 0 Å². The lowest BCUT2D eigenvalue weighted by Crippen LogP contribution is -2.14. The smallest absolute Gasteiger partial charge is 0.0412 e. The molecule has 0 heterocycles. The largest absolute Gasteiger partial charge is 0.0654 e. The normalized spacial score (nSPS) is 32.2. The van der Waals surface area contributed by atoms with Crippen LogP contribution in [0.4, 0.5) is 0 Å². The Bertz CT molecular complexity index is 94.2. The summed E-state index contributed by atoms with van der Waals surface area (Å²) < 4.78 is 0. The summed E-state index contributed by atoms with van der Waals surface area (Å²) in [5, 5.41) is 0. The molecule has 0 bridgehead atoms. The molecule has 1 saturated carbocycles. The molecule has 0 aromatic rings. The molecule has 2 atom stereocenters. The van der Waals surface area contributed by atoms with Crippen molar-refractivity contribution in [1.29, 1.82) is 0 Å². The lowest BCUT2D eigenvalue weighted by Gasteiger charge is -2.28. The summed E-state index contributed by atoms with van der Waals surface area (Å²) in [6, 6.07) is 0. The van der Waals surface area contributed by atoms with Crippen LogP contribution >= 0.6 is 0 Å². The average molecular weight is 154 g/mol. The van der Waals surface area contributed by atoms with Gasteiger partial charge in [0.05, 0.1) is 0 Å². The van der Waals surface area contributed by atoms with Gasteiger partial charge in [0.15, 0.2) is 0 Å². The van der Waals surface area contributed by atoms with Gasteiger partial charge in [-0.15, -0.1) is 0 Å². The maximum Gasteiger partial charge on any atom is -0.0412 e. The first-order valence-corrected chi connectivity index (χ1v) is 5.36. The van der Waals surface area contributed by atoms with Crippen molar-refractivity contribution in [3.05, 3.63) is 0 Å². The molecule has 11 heavy (non-hydrogen) atoms. The van der Waals surface area contributed by atoms with Crippen molar-refractivity contribution in [2.45, 2.75) is 58.8 Å². The highest BCUT2D eigenvalue weighted by molar-refractivity contribution is 4.71. The van der Waals surface area contributed by atoms with E-state index in [2.05, 4.69) is 13.8 Å². The molecule has 1 aliphatic carbocycles. The standard InChI is InChI=1S/C11H22/c1-3-6-11-8-5-7-10(4-2)9-11/h10-11H,3-9H2,1-2H3/t10-,11+/m0/s1. The highest BCUT2D eigenvalue weighted by Crippen LogP contribution is 2.33. The fourth-order valence-corrected chi connectivity index (χ4v) is 2.44. The number of rotatable bonds is 3. The predicted molar refractivity (Wildman–Crippen MR) is 50.6 cm³/mol. The zero-order valence-corrected chi connectivity index (χ0v) is 8.10. The summed E-state index contributed by atoms with van der Waals surface area (Å²) in [7, 11) is 0. The Balaban J connectivity index is 2.21. The molecule has 0 spiro atoms. The van der Waals surface area contributed by atoms with E-state index in [1.165, 1.54) is 44.9 Å². The summed E-state index contributed by atoms with van der Waals surface area (Å²) in [6.45, 7) is 4.66. The lowest BCUT2D eigenvalue weighted by molar-refractivity contribution is 0.248. The van der Waals surface area contributed by atoms with Gasteiger partial charge in [0.2, 0.25) is 0 Å². The molecule has 1 fully saturated rings. The van der Waals surface area contributed by atoms with Crippen LogP contribution in [-0.4, -0.2) is 0 Å².